The highest BCUT2D eigenvalue weighted by Crippen LogP contribution is 2.44. The van der Waals surface area contributed by atoms with Gasteiger partial charge in [-0.05, 0) is 37.5 Å². The normalized spacial score (nSPS) is 35.3. The van der Waals surface area contributed by atoms with Crippen molar-refractivity contribution in [2.75, 3.05) is 6.54 Å². The molecule has 3 aliphatic rings. The summed E-state index contributed by atoms with van der Waals surface area (Å²) >= 11 is 0. The molecule has 3 rings (SSSR count). The fourth-order valence-corrected chi connectivity index (χ4v) is 4.57. The Morgan fingerprint density at radius 3 is 2.19 bits per heavy atom. The van der Waals surface area contributed by atoms with Crippen LogP contribution in [0.2, 0.25) is 0 Å². The average Bonchev–Trinajstić information content (AvgIpc) is 3.03. The van der Waals surface area contributed by atoms with Gasteiger partial charge < -0.3 is 5.11 Å². The predicted octanol–water partition coefficient (Wildman–Crippen LogP) is 2.35. The van der Waals surface area contributed by atoms with Gasteiger partial charge in [-0.2, -0.15) is 0 Å². The number of β-amino-alcohol motifs (C(OH)–C–C–N with tert-alkyl or cyclic N) is 1. The summed E-state index contributed by atoms with van der Waals surface area (Å²) in [5.41, 5.74) is 0. The molecule has 1 aliphatic heterocycles. The van der Waals surface area contributed by atoms with Gasteiger partial charge in [-0.1, -0.05) is 32.6 Å². The standard InChI is InChI=1S/C17H27NO3/c1-2-11-8-13-14(9-11)17(21)18(16(13)20)10-15(19)12-6-4-3-5-7-12/h11-15,19H,2-10H2,1H3. The van der Waals surface area contributed by atoms with Gasteiger partial charge in [0.15, 0.2) is 0 Å². The van der Waals surface area contributed by atoms with Gasteiger partial charge in [0.2, 0.25) is 11.8 Å². The lowest BCUT2D eigenvalue weighted by Crippen LogP contribution is -2.41. The number of imide groups is 1. The maximum absolute atomic E-state index is 12.5. The Morgan fingerprint density at radius 2 is 1.67 bits per heavy atom. The second-order valence-electron chi connectivity index (χ2n) is 7.21. The monoisotopic (exact) mass is 293 g/mol. The Kier molecular flexibility index (Phi) is 4.34. The van der Waals surface area contributed by atoms with E-state index in [1.54, 1.807) is 0 Å². The summed E-state index contributed by atoms with van der Waals surface area (Å²) in [4.78, 5) is 26.3. The fourth-order valence-electron chi connectivity index (χ4n) is 4.57. The molecule has 118 valence electrons. The lowest BCUT2D eigenvalue weighted by atomic mass is 9.85. The lowest BCUT2D eigenvalue weighted by Gasteiger charge is -2.29. The Hall–Kier alpha value is -0.900. The van der Waals surface area contributed by atoms with Crippen molar-refractivity contribution in [1.29, 1.82) is 0 Å². The number of aliphatic hydroxyl groups is 1. The lowest BCUT2D eigenvalue weighted by molar-refractivity contribution is -0.142. The van der Waals surface area contributed by atoms with Gasteiger partial charge in [0, 0.05) is 0 Å². The number of hydrogen-bond acceptors (Lipinski definition) is 3. The molecule has 1 saturated heterocycles. The van der Waals surface area contributed by atoms with Crippen LogP contribution in [0, 0.1) is 23.7 Å². The van der Waals surface area contributed by atoms with Gasteiger partial charge in [-0.25, -0.2) is 0 Å². The zero-order valence-corrected chi connectivity index (χ0v) is 13.0. The van der Waals surface area contributed by atoms with Crippen LogP contribution in [0.1, 0.15) is 58.3 Å². The number of amides is 2. The molecule has 2 saturated carbocycles. The smallest absolute Gasteiger partial charge is 0.233 e. The van der Waals surface area contributed by atoms with Crippen LogP contribution < -0.4 is 0 Å². The van der Waals surface area contributed by atoms with Crippen molar-refractivity contribution in [3.8, 4) is 0 Å². The van der Waals surface area contributed by atoms with Crippen molar-refractivity contribution < 1.29 is 14.7 Å². The number of likely N-dealkylation sites (tertiary alicyclic amines) is 1. The van der Waals surface area contributed by atoms with E-state index in [-0.39, 0.29) is 36.1 Å². The molecule has 0 radical (unpaired) electrons. The van der Waals surface area contributed by atoms with Crippen LogP contribution in [0.4, 0.5) is 0 Å². The summed E-state index contributed by atoms with van der Waals surface area (Å²) in [5.74, 6) is 0.565. The van der Waals surface area contributed by atoms with Crippen LogP contribution in [-0.2, 0) is 9.59 Å². The van der Waals surface area contributed by atoms with E-state index in [0.29, 0.717) is 5.92 Å². The highest BCUT2D eigenvalue weighted by Gasteiger charge is 2.52. The van der Waals surface area contributed by atoms with Crippen LogP contribution in [0.15, 0.2) is 0 Å². The number of rotatable bonds is 4. The topological polar surface area (TPSA) is 57.6 Å². The molecule has 0 aromatic rings. The molecule has 1 N–H and O–H groups in total. The third-order valence-corrected chi connectivity index (χ3v) is 5.97. The first-order chi connectivity index (χ1) is 10.1. The number of aliphatic hydroxyl groups excluding tert-OH is 1. The molecular weight excluding hydrogens is 266 g/mol. The largest absolute Gasteiger partial charge is 0.391 e. The van der Waals surface area contributed by atoms with Gasteiger partial charge in [0.05, 0.1) is 24.5 Å². The maximum atomic E-state index is 12.5. The molecule has 3 atom stereocenters. The fraction of sp³-hybridized carbons (Fsp3) is 0.882. The molecule has 2 aliphatic carbocycles. The van der Waals surface area contributed by atoms with Gasteiger partial charge in [-0.3, -0.25) is 14.5 Å². The third-order valence-electron chi connectivity index (χ3n) is 5.97. The number of fused-ring (bicyclic) bond motifs is 1. The second kappa shape index (κ2) is 6.07. The first-order valence-electron chi connectivity index (χ1n) is 8.65. The number of carbonyl (C=O) groups excluding carboxylic acids is 2. The van der Waals surface area contributed by atoms with E-state index >= 15 is 0 Å². The molecule has 3 fully saturated rings. The Labute approximate surface area is 126 Å². The molecule has 0 aromatic carbocycles. The highest BCUT2D eigenvalue weighted by molar-refractivity contribution is 6.05. The van der Waals surface area contributed by atoms with Crippen LogP contribution in [-0.4, -0.2) is 34.5 Å². The quantitative estimate of drug-likeness (QED) is 0.809. The van der Waals surface area contributed by atoms with E-state index in [1.807, 2.05) is 0 Å². The van der Waals surface area contributed by atoms with Crippen molar-refractivity contribution in [3.63, 3.8) is 0 Å². The Bertz CT molecular complexity index is 392. The van der Waals surface area contributed by atoms with Crippen molar-refractivity contribution in [2.24, 2.45) is 23.7 Å². The number of hydrogen-bond donors (Lipinski definition) is 1. The SMILES string of the molecule is CCC1CC2C(=O)N(CC(O)C3CCCCC3)C(=O)C2C1. The molecule has 1 heterocycles. The third kappa shape index (κ3) is 2.75. The van der Waals surface area contributed by atoms with E-state index in [9.17, 15) is 14.7 Å². The predicted molar refractivity (Wildman–Crippen MR) is 79.3 cm³/mol. The summed E-state index contributed by atoms with van der Waals surface area (Å²) in [6.45, 7) is 2.36. The molecule has 0 bridgehead atoms. The van der Waals surface area contributed by atoms with E-state index in [4.69, 9.17) is 0 Å². The van der Waals surface area contributed by atoms with Crippen molar-refractivity contribution in [3.05, 3.63) is 0 Å². The van der Waals surface area contributed by atoms with Gasteiger partial charge in [-0.15, -0.1) is 0 Å². The molecule has 21 heavy (non-hydrogen) atoms. The van der Waals surface area contributed by atoms with Crippen LogP contribution >= 0.6 is 0 Å². The van der Waals surface area contributed by atoms with E-state index in [2.05, 4.69) is 6.92 Å². The summed E-state index contributed by atoms with van der Waals surface area (Å²) in [5, 5.41) is 10.4. The molecule has 0 spiro atoms. The maximum Gasteiger partial charge on any atom is 0.233 e. The first kappa shape index (κ1) is 15.0. The first-order valence-corrected chi connectivity index (χ1v) is 8.65. The zero-order valence-electron chi connectivity index (χ0n) is 13.0. The van der Waals surface area contributed by atoms with E-state index < -0.39 is 6.10 Å². The molecule has 2 amide bonds. The average molecular weight is 293 g/mol. The Balaban J connectivity index is 1.62. The Morgan fingerprint density at radius 1 is 1.10 bits per heavy atom. The van der Waals surface area contributed by atoms with E-state index in [1.165, 1.54) is 11.3 Å². The van der Waals surface area contributed by atoms with Crippen LogP contribution in [0.5, 0.6) is 0 Å². The number of nitrogens with zero attached hydrogens (tertiary/aromatic N) is 1. The number of carbonyl (C=O) groups is 2. The van der Waals surface area contributed by atoms with Crippen molar-refractivity contribution >= 4 is 11.8 Å². The van der Waals surface area contributed by atoms with Gasteiger partial charge in [0.25, 0.3) is 0 Å². The van der Waals surface area contributed by atoms with Gasteiger partial charge >= 0.3 is 0 Å². The minimum Gasteiger partial charge on any atom is -0.391 e. The molecule has 4 nitrogen and oxygen atoms in total. The van der Waals surface area contributed by atoms with Gasteiger partial charge in [0.1, 0.15) is 0 Å². The summed E-state index contributed by atoms with van der Waals surface area (Å²) < 4.78 is 0. The van der Waals surface area contributed by atoms with Crippen LogP contribution in [0.3, 0.4) is 0 Å². The molecular formula is C17H27NO3. The summed E-state index contributed by atoms with van der Waals surface area (Å²) in [6, 6.07) is 0. The molecule has 3 unspecified atom stereocenters. The molecule has 0 aromatic heterocycles. The van der Waals surface area contributed by atoms with E-state index in [0.717, 1.165) is 44.9 Å². The summed E-state index contributed by atoms with van der Waals surface area (Å²) in [7, 11) is 0. The zero-order chi connectivity index (χ0) is 15.0. The highest BCUT2D eigenvalue weighted by atomic mass is 16.3. The minimum absolute atomic E-state index is 0.0178. The second-order valence-corrected chi connectivity index (χ2v) is 7.21. The minimum atomic E-state index is -0.529. The summed E-state index contributed by atoms with van der Waals surface area (Å²) in [6.07, 6.45) is 7.87. The van der Waals surface area contributed by atoms with Crippen molar-refractivity contribution in [2.45, 2.75) is 64.4 Å². The van der Waals surface area contributed by atoms with Crippen molar-refractivity contribution in [1.82, 2.24) is 4.90 Å². The van der Waals surface area contributed by atoms with Crippen LogP contribution in [0.25, 0.3) is 0 Å². The molecule has 4 heteroatoms.